The lowest BCUT2D eigenvalue weighted by Gasteiger charge is -2.19. The summed E-state index contributed by atoms with van der Waals surface area (Å²) in [5.74, 6) is 0.118. The van der Waals surface area contributed by atoms with E-state index in [1.54, 1.807) is 0 Å². The van der Waals surface area contributed by atoms with Crippen LogP contribution in [0.3, 0.4) is 0 Å². The first-order valence-electron chi connectivity index (χ1n) is 7.96. The average molecular weight is 323 g/mol. The molecule has 1 amide bonds. The fraction of sp³-hybridized carbons (Fsp3) is 0.647. The second-order valence-corrected chi connectivity index (χ2v) is 7.76. The van der Waals surface area contributed by atoms with Gasteiger partial charge in [-0.05, 0) is 44.6 Å². The lowest BCUT2D eigenvalue weighted by Crippen LogP contribution is -2.20. The molecular weight excluding hydrogens is 298 g/mol. The fourth-order valence-electron chi connectivity index (χ4n) is 2.58. The largest absolute Gasteiger partial charge is 0.459 e. The predicted molar refractivity (Wildman–Crippen MR) is 89.5 cm³/mol. The van der Waals surface area contributed by atoms with Crippen LogP contribution >= 0.6 is 11.3 Å². The predicted octanol–water partition coefficient (Wildman–Crippen LogP) is 4.03. The van der Waals surface area contributed by atoms with Crippen molar-refractivity contribution < 1.29 is 14.3 Å². The maximum absolute atomic E-state index is 12.5. The van der Waals surface area contributed by atoms with Gasteiger partial charge in [0.1, 0.15) is 5.00 Å². The summed E-state index contributed by atoms with van der Waals surface area (Å²) in [5, 5.41) is 3.57. The number of hydrogen-bond acceptors (Lipinski definition) is 4. The molecule has 1 aliphatic carbocycles. The van der Waals surface area contributed by atoms with Crippen molar-refractivity contribution in [1.29, 1.82) is 0 Å². The van der Waals surface area contributed by atoms with Crippen LogP contribution in [0, 0.1) is 11.8 Å². The van der Waals surface area contributed by atoms with Gasteiger partial charge < -0.3 is 10.1 Å². The van der Waals surface area contributed by atoms with E-state index in [1.807, 2.05) is 27.7 Å². The summed E-state index contributed by atoms with van der Waals surface area (Å²) >= 11 is 1.53. The van der Waals surface area contributed by atoms with Gasteiger partial charge in [0.25, 0.3) is 0 Å². The van der Waals surface area contributed by atoms with Crippen LogP contribution in [-0.4, -0.2) is 18.0 Å². The molecule has 0 saturated carbocycles. The lowest BCUT2D eigenvalue weighted by atomic mass is 9.88. The van der Waals surface area contributed by atoms with Gasteiger partial charge in [-0.1, -0.05) is 20.8 Å². The van der Waals surface area contributed by atoms with E-state index in [1.165, 1.54) is 16.2 Å². The standard InChI is InChI=1S/C17H25NO3S/c1-9(2)15(19)18-16-14(17(20)21-10(3)4)12-7-6-11(5)8-13(12)22-16/h9-11H,6-8H2,1-5H3,(H,18,19). The summed E-state index contributed by atoms with van der Waals surface area (Å²) in [6, 6.07) is 0. The van der Waals surface area contributed by atoms with E-state index in [4.69, 9.17) is 4.74 Å². The second kappa shape index (κ2) is 6.82. The van der Waals surface area contributed by atoms with E-state index in [0.29, 0.717) is 16.5 Å². The number of carbonyl (C=O) groups is 2. The molecule has 1 heterocycles. The molecule has 0 radical (unpaired) electrons. The molecule has 1 aromatic rings. The number of thiophene rings is 1. The summed E-state index contributed by atoms with van der Waals surface area (Å²) in [7, 11) is 0. The van der Waals surface area contributed by atoms with Gasteiger partial charge in [-0.2, -0.15) is 0 Å². The van der Waals surface area contributed by atoms with Crippen molar-refractivity contribution >= 4 is 28.2 Å². The zero-order chi connectivity index (χ0) is 16.4. The zero-order valence-electron chi connectivity index (χ0n) is 14.0. The van der Waals surface area contributed by atoms with E-state index < -0.39 is 0 Å². The summed E-state index contributed by atoms with van der Waals surface area (Å²) < 4.78 is 5.39. The van der Waals surface area contributed by atoms with Crippen LogP contribution in [0.1, 0.15) is 61.8 Å². The number of hydrogen-bond donors (Lipinski definition) is 1. The van der Waals surface area contributed by atoms with Crippen molar-refractivity contribution in [2.24, 2.45) is 11.8 Å². The molecule has 0 bridgehead atoms. The smallest absolute Gasteiger partial charge is 0.341 e. The molecular formula is C17H25NO3S. The van der Waals surface area contributed by atoms with Gasteiger partial charge >= 0.3 is 5.97 Å². The second-order valence-electron chi connectivity index (χ2n) is 6.65. The highest BCUT2D eigenvalue weighted by Gasteiger charge is 2.29. The number of amides is 1. The maximum Gasteiger partial charge on any atom is 0.341 e. The van der Waals surface area contributed by atoms with Gasteiger partial charge in [-0.25, -0.2) is 4.79 Å². The fourth-order valence-corrected chi connectivity index (χ4v) is 3.99. The van der Waals surface area contributed by atoms with Crippen molar-refractivity contribution in [2.75, 3.05) is 5.32 Å². The highest BCUT2D eigenvalue weighted by Crippen LogP contribution is 2.40. The third kappa shape index (κ3) is 3.69. The van der Waals surface area contributed by atoms with Crippen LogP contribution < -0.4 is 5.32 Å². The molecule has 1 aliphatic rings. The maximum atomic E-state index is 12.5. The zero-order valence-corrected chi connectivity index (χ0v) is 14.8. The van der Waals surface area contributed by atoms with Gasteiger partial charge in [0, 0.05) is 10.8 Å². The van der Waals surface area contributed by atoms with Crippen LogP contribution in [0.25, 0.3) is 0 Å². The molecule has 0 spiro atoms. The van der Waals surface area contributed by atoms with Crippen LogP contribution in [-0.2, 0) is 22.4 Å². The van der Waals surface area contributed by atoms with Crippen molar-refractivity contribution in [3.63, 3.8) is 0 Å². The molecule has 0 fully saturated rings. The Balaban J connectivity index is 2.38. The summed E-state index contributed by atoms with van der Waals surface area (Å²) in [4.78, 5) is 25.7. The number of rotatable bonds is 4. The Labute approximate surface area is 136 Å². The third-order valence-electron chi connectivity index (χ3n) is 3.82. The van der Waals surface area contributed by atoms with E-state index in [2.05, 4.69) is 12.2 Å². The van der Waals surface area contributed by atoms with Crippen LogP contribution in [0.4, 0.5) is 5.00 Å². The molecule has 0 aliphatic heterocycles. The molecule has 1 atom stereocenters. The van der Waals surface area contributed by atoms with Crippen LogP contribution in [0.2, 0.25) is 0 Å². The molecule has 22 heavy (non-hydrogen) atoms. The van der Waals surface area contributed by atoms with Crippen LogP contribution in [0.15, 0.2) is 0 Å². The van der Waals surface area contributed by atoms with Gasteiger partial charge in [0.05, 0.1) is 11.7 Å². The Bertz CT molecular complexity index is 575. The van der Waals surface area contributed by atoms with Crippen molar-refractivity contribution in [3.05, 3.63) is 16.0 Å². The first kappa shape index (κ1) is 17.0. The average Bonchev–Trinajstić information content (AvgIpc) is 2.74. The summed E-state index contributed by atoms with van der Waals surface area (Å²) in [5.41, 5.74) is 1.66. The minimum atomic E-state index is -0.318. The Morgan fingerprint density at radius 3 is 2.55 bits per heavy atom. The quantitative estimate of drug-likeness (QED) is 0.851. The number of esters is 1. The monoisotopic (exact) mass is 323 g/mol. The lowest BCUT2D eigenvalue weighted by molar-refractivity contribution is -0.118. The summed E-state index contributed by atoms with van der Waals surface area (Å²) in [6.45, 7) is 9.59. The molecule has 5 heteroatoms. The molecule has 0 saturated heterocycles. The Morgan fingerprint density at radius 1 is 1.27 bits per heavy atom. The Morgan fingerprint density at radius 2 is 1.95 bits per heavy atom. The first-order chi connectivity index (χ1) is 10.3. The van der Waals surface area contributed by atoms with Gasteiger partial charge in [0.15, 0.2) is 0 Å². The van der Waals surface area contributed by atoms with Crippen molar-refractivity contribution in [3.8, 4) is 0 Å². The molecule has 2 rings (SSSR count). The van der Waals surface area contributed by atoms with Gasteiger partial charge in [0.2, 0.25) is 5.91 Å². The highest BCUT2D eigenvalue weighted by atomic mass is 32.1. The van der Waals surface area contributed by atoms with Gasteiger partial charge in [-0.15, -0.1) is 11.3 Å². The highest BCUT2D eigenvalue weighted by molar-refractivity contribution is 7.17. The van der Waals surface area contributed by atoms with E-state index in [-0.39, 0.29) is 23.9 Å². The van der Waals surface area contributed by atoms with Crippen LogP contribution in [0.5, 0.6) is 0 Å². The molecule has 1 N–H and O–H groups in total. The molecule has 4 nitrogen and oxygen atoms in total. The number of anilines is 1. The molecule has 1 unspecified atom stereocenters. The topological polar surface area (TPSA) is 55.4 Å². The molecule has 0 aromatic carbocycles. The Hall–Kier alpha value is -1.36. The number of carbonyl (C=O) groups excluding carboxylic acids is 2. The summed E-state index contributed by atoms with van der Waals surface area (Å²) in [6.07, 6.45) is 2.76. The molecule has 1 aromatic heterocycles. The van der Waals surface area contributed by atoms with Crippen molar-refractivity contribution in [2.45, 2.75) is 60.0 Å². The first-order valence-corrected chi connectivity index (χ1v) is 8.77. The van der Waals surface area contributed by atoms with Gasteiger partial charge in [-0.3, -0.25) is 4.79 Å². The number of ether oxygens (including phenoxy) is 1. The Kier molecular flexibility index (Phi) is 5.27. The van der Waals surface area contributed by atoms with E-state index in [0.717, 1.165) is 24.8 Å². The minimum Gasteiger partial charge on any atom is -0.459 e. The third-order valence-corrected chi connectivity index (χ3v) is 4.99. The van der Waals surface area contributed by atoms with E-state index in [9.17, 15) is 9.59 Å². The number of nitrogens with one attached hydrogen (secondary N) is 1. The van der Waals surface area contributed by atoms with E-state index >= 15 is 0 Å². The minimum absolute atomic E-state index is 0.0646. The van der Waals surface area contributed by atoms with Crippen molar-refractivity contribution in [1.82, 2.24) is 0 Å². The normalized spacial score (nSPS) is 17.5. The number of fused-ring (bicyclic) bond motifs is 1. The SMILES string of the molecule is CC1CCc2c(sc(NC(=O)C(C)C)c2C(=O)OC(C)C)C1. The molecule has 122 valence electrons.